The number of nitrogens with two attached hydrogens (primary N) is 1. The highest BCUT2D eigenvalue weighted by Crippen LogP contribution is 2.31. The number of hydrogen-bond donors (Lipinski definition) is 1. The quantitative estimate of drug-likeness (QED) is 0.928. The van der Waals surface area contributed by atoms with E-state index in [4.69, 9.17) is 15.2 Å². The largest absolute Gasteiger partial charge is 0.486 e. The van der Waals surface area contributed by atoms with E-state index in [1.165, 1.54) is 5.56 Å². The highest BCUT2D eigenvalue weighted by atomic mass is 16.6. The fraction of sp³-hybridized carbons (Fsp3) is 0.294. The van der Waals surface area contributed by atoms with Crippen molar-refractivity contribution >= 4 is 0 Å². The number of ether oxygens (including phenoxy) is 2. The summed E-state index contributed by atoms with van der Waals surface area (Å²) in [4.78, 5) is 0. The first-order valence-corrected chi connectivity index (χ1v) is 7.01. The maximum Gasteiger partial charge on any atom is 0.161 e. The molecule has 0 fully saturated rings. The van der Waals surface area contributed by atoms with Crippen LogP contribution in [0.25, 0.3) is 0 Å². The number of rotatable bonds is 4. The van der Waals surface area contributed by atoms with Crippen LogP contribution in [0.3, 0.4) is 0 Å². The fourth-order valence-corrected chi connectivity index (χ4v) is 2.41. The Kier molecular flexibility index (Phi) is 3.88. The van der Waals surface area contributed by atoms with Gasteiger partial charge in [-0.25, -0.2) is 0 Å². The first-order valence-electron chi connectivity index (χ1n) is 7.01. The van der Waals surface area contributed by atoms with Crippen molar-refractivity contribution in [1.29, 1.82) is 0 Å². The van der Waals surface area contributed by atoms with Gasteiger partial charge in [0.25, 0.3) is 0 Å². The van der Waals surface area contributed by atoms with Crippen molar-refractivity contribution in [3.8, 4) is 11.5 Å². The Bertz CT molecular complexity index is 556. The third-order valence-corrected chi connectivity index (χ3v) is 3.62. The second kappa shape index (κ2) is 5.97. The monoisotopic (exact) mass is 269 g/mol. The third-order valence-electron chi connectivity index (χ3n) is 3.62. The van der Waals surface area contributed by atoms with Crippen LogP contribution < -0.4 is 15.2 Å². The van der Waals surface area contributed by atoms with E-state index in [9.17, 15) is 0 Å². The van der Waals surface area contributed by atoms with Crippen LogP contribution >= 0.6 is 0 Å². The van der Waals surface area contributed by atoms with Crippen LogP contribution in [0.1, 0.15) is 12.0 Å². The van der Waals surface area contributed by atoms with E-state index in [-0.39, 0.29) is 12.1 Å². The summed E-state index contributed by atoms with van der Waals surface area (Å²) in [6, 6.07) is 18.1. The summed E-state index contributed by atoms with van der Waals surface area (Å²) in [5.41, 5.74) is 7.55. The average molecular weight is 269 g/mol. The lowest BCUT2D eigenvalue weighted by atomic mass is 10.0. The lowest BCUT2D eigenvalue weighted by molar-refractivity contribution is 0.0702. The van der Waals surface area contributed by atoms with Crippen LogP contribution in [0.15, 0.2) is 54.6 Å². The van der Waals surface area contributed by atoms with Crippen molar-refractivity contribution in [2.45, 2.75) is 25.0 Å². The van der Waals surface area contributed by atoms with Crippen molar-refractivity contribution in [3.63, 3.8) is 0 Å². The van der Waals surface area contributed by atoms with Crippen molar-refractivity contribution < 1.29 is 9.47 Å². The van der Waals surface area contributed by atoms with E-state index in [1.54, 1.807) is 0 Å². The summed E-state index contributed by atoms with van der Waals surface area (Å²) in [6.07, 6.45) is 1.78. The molecule has 104 valence electrons. The summed E-state index contributed by atoms with van der Waals surface area (Å²) < 4.78 is 11.6. The molecule has 1 heterocycles. The van der Waals surface area contributed by atoms with E-state index < -0.39 is 0 Å². The van der Waals surface area contributed by atoms with Gasteiger partial charge in [0.2, 0.25) is 0 Å². The number of benzene rings is 2. The number of fused-ring (bicyclic) bond motifs is 1. The van der Waals surface area contributed by atoms with Gasteiger partial charge in [-0.05, 0) is 30.5 Å². The van der Waals surface area contributed by atoms with Gasteiger partial charge in [0.1, 0.15) is 12.7 Å². The molecule has 2 unspecified atom stereocenters. The molecular formula is C17H19NO2. The highest BCUT2D eigenvalue weighted by Gasteiger charge is 2.26. The molecule has 1 aliphatic rings. The van der Waals surface area contributed by atoms with Crippen LogP contribution in [0, 0.1) is 0 Å². The maximum atomic E-state index is 6.25. The van der Waals surface area contributed by atoms with Crippen LogP contribution in [0.5, 0.6) is 11.5 Å². The molecule has 0 radical (unpaired) electrons. The SMILES string of the molecule is NC(CCc1ccccc1)C1COc2ccccc2O1. The Morgan fingerprint density at radius 3 is 2.50 bits per heavy atom. The summed E-state index contributed by atoms with van der Waals surface area (Å²) in [5, 5.41) is 0. The third kappa shape index (κ3) is 2.94. The molecular weight excluding hydrogens is 250 g/mol. The minimum atomic E-state index is -0.0754. The molecule has 2 aromatic rings. The van der Waals surface area contributed by atoms with Crippen molar-refractivity contribution in [3.05, 3.63) is 60.2 Å². The Morgan fingerprint density at radius 2 is 1.70 bits per heavy atom. The summed E-state index contributed by atoms with van der Waals surface area (Å²) in [7, 11) is 0. The molecule has 0 bridgehead atoms. The smallest absolute Gasteiger partial charge is 0.161 e. The fourth-order valence-electron chi connectivity index (χ4n) is 2.41. The van der Waals surface area contributed by atoms with Gasteiger partial charge in [-0.2, -0.15) is 0 Å². The summed E-state index contributed by atoms with van der Waals surface area (Å²) in [6.45, 7) is 0.521. The van der Waals surface area contributed by atoms with Crippen molar-refractivity contribution in [2.24, 2.45) is 5.73 Å². The van der Waals surface area contributed by atoms with Gasteiger partial charge >= 0.3 is 0 Å². The van der Waals surface area contributed by atoms with Gasteiger partial charge in [0.15, 0.2) is 11.5 Å². The van der Waals surface area contributed by atoms with Crippen molar-refractivity contribution in [2.75, 3.05) is 6.61 Å². The van der Waals surface area contributed by atoms with E-state index in [2.05, 4.69) is 24.3 Å². The highest BCUT2D eigenvalue weighted by molar-refractivity contribution is 5.40. The zero-order valence-corrected chi connectivity index (χ0v) is 11.4. The first kappa shape index (κ1) is 13.0. The topological polar surface area (TPSA) is 44.5 Å². The molecule has 2 atom stereocenters. The zero-order chi connectivity index (χ0) is 13.8. The molecule has 0 aliphatic carbocycles. The predicted molar refractivity (Wildman–Crippen MR) is 79.1 cm³/mol. The molecule has 2 N–H and O–H groups in total. The number of aryl methyl sites for hydroxylation is 1. The van der Waals surface area contributed by atoms with Gasteiger partial charge in [-0.1, -0.05) is 42.5 Å². The lowest BCUT2D eigenvalue weighted by Crippen LogP contribution is -2.45. The Morgan fingerprint density at radius 1 is 1.00 bits per heavy atom. The van der Waals surface area contributed by atoms with E-state index in [0.29, 0.717) is 6.61 Å². The van der Waals surface area contributed by atoms with Crippen LogP contribution in [-0.4, -0.2) is 18.8 Å². The lowest BCUT2D eigenvalue weighted by Gasteiger charge is -2.30. The van der Waals surface area contributed by atoms with Gasteiger partial charge in [-0.15, -0.1) is 0 Å². The van der Waals surface area contributed by atoms with Crippen LogP contribution in [-0.2, 0) is 6.42 Å². The van der Waals surface area contributed by atoms with Crippen molar-refractivity contribution in [1.82, 2.24) is 0 Å². The van der Waals surface area contributed by atoms with Crippen LogP contribution in [0.4, 0.5) is 0 Å². The first-order chi connectivity index (χ1) is 9.83. The standard InChI is InChI=1S/C17H19NO2/c18-14(11-10-13-6-2-1-3-7-13)17-12-19-15-8-4-5-9-16(15)20-17/h1-9,14,17H,10-12,18H2. The summed E-state index contributed by atoms with van der Waals surface area (Å²) >= 11 is 0. The Balaban J connectivity index is 1.58. The van der Waals surface area contributed by atoms with Crippen LogP contribution in [0.2, 0.25) is 0 Å². The maximum absolute atomic E-state index is 6.25. The second-order valence-corrected chi connectivity index (χ2v) is 5.10. The number of para-hydroxylation sites is 2. The molecule has 3 heteroatoms. The molecule has 3 rings (SSSR count). The number of hydrogen-bond acceptors (Lipinski definition) is 3. The molecule has 3 nitrogen and oxygen atoms in total. The molecule has 0 spiro atoms. The molecule has 0 saturated heterocycles. The Hall–Kier alpha value is -2.00. The zero-order valence-electron chi connectivity index (χ0n) is 11.4. The molecule has 0 saturated carbocycles. The second-order valence-electron chi connectivity index (χ2n) is 5.10. The van der Waals surface area contributed by atoms with Gasteiger partial charge in [-0.3, -0.25) is 0 Å². The molecule has 0 aromatic heterocycles. The minimum Gasteiger partial charge on any atom is -0.486 e. The molecule has 1 aliphatic heterocycles. The predicted octanol–water partition coefficient (Wildman–Crippen LogP) is 2.79. The average Bonchev–Trinajstić information content (AvgIpc) is 2.53. The summed E-state index contributed by atoms with van der Waals surface area (Å²) in [5.74, 6) is 1.60. The van der Waals surface area contributed by atoms with Gasteiger partial charge in [0.05, 0.1) is 0 Å². The van der Waals surface area contributed by atoms with E-state index in [1.807, 2.05) is 30.3 Å². The normalized spacial score (nSPS) is 18.6. The Labute approximate surface area is 119 Å². The molecule has 2 aromatic carbocycles. The van der Waals surface area contributed by atoms with E-state index >= 15 is 0 Å². The molecule has 0 amide bonds. The van der Waals surface area contributed by atoms with E-state index in [0.717, 1.165) is 24.3 Å². The minimum absolute atomic E-state index is 0.0245. The molecule has 20 heavy (non-hydrogen) atoms. The van der Waals surface area contributed by atoms with Gasteiger partial charge in [0, 0.05) is 6.04 Å². The van der Waals surface area contributed by atoms with Gasteiger partial charge < -0.3 is 15.2 Å².